The minimum absolute atomic E-state index is 0.146. The van der Waals surface area contributed by atoms with Crippen molar-refractivity contribution in [2.24, 2.45) is 0 Å². The molecule has 4 nitrogen and oxygen atoms in total. The summed E-state index contributed by atoms with van der Waals surface area (Å²) in [5, 5.41) is 9.64. The van der Waals surface area contributed by atoms with E-state index in [1.165, 1.54) is 10.6 Å². The Morgan fingerprint density at radius 2 is 1.75 bits per heavy atom. The lowest BCUT2D eigenvalue weighted by molar-refractivity contribution is 0.0694. The highest BCUT2D eigenvalue weighted by Gasteiger charge is 2.16. The van der Waals surface area contributed by atoms with Gasteiger partial charge in [-0.2, -0.15) is 0 Å². The lowest BCUT2D eigenvalue weighted by Crippen LogP contribution is -2.28. The largest absolute Gasteiger partial charge is 0.477 e. The Morgan fingerprint density at radius 1 is 1.15 bits per heavy atom. The molecule has 0 fully saturated rings. The van der Waals surface area contributed by atoms with Gasteiger partial charge < -0.3 is 9.67 Å². The van der Waals surface area contributed by atoms with Gasteiger partial charge in [0.1, 0.15) is 5.56 Å². The molecule has 20 heavy (non-hydrogen) atoms. The summed E-state index contributed by atoms with van der Waals surface area (Å²) in [7, 11) is 0. The summed E-state index contributed by atoms with van der Waals surface area (Å²) < 4.78 is 1.48. The SMILES string of the molecule is CC(C)n1c(-c2ccc(Cl)cc2)ccc(C(=O)O)c1=O. The number of aromatic nitrogens is 1. The highest BCUT2D eigenvalue weighted by molar-refractivity contribution is 6.30. The van der Waals surface area contributed by atoms with Crippen molar-refractivity contribution in [1.82, 2.24) is 4.57 Å². The first kappa shape index (κ1) is 14.3. The quantitative estimate of drug-likeness (QED) is 0.942. The van der Waals surface area contributed by atoms with E-state index in [0.29, 0.717) is 10.7 Å². The van der Waals surface area contributed by atoms with Crippen LogP contribution in [0.15, 0.2) is 41.2 Å². The number of hydrogen-bond acceptors (Lipinski definition) is 2. The number of hydrogen-bond donors (Lipinski definition) is 1. The third kappa shape index (κ3) is 2.60. The summed E-state index contributed by atoms with van der Waals surface area (Å²) in [6.07, 6.45) is 0. The van der Waals surface area contributed by atoms with Gasteiger partial charge in [0.05, 0.1) is 5.69 Å². The first-order chi connectivity index (χ1) is 9.41. The van der Waals surface area contributed by atoms with E-state index < -0.39 is 11.5 Å². The molecular weight excluding hydrogens is 278 g/mol. The van der Waals surface area contributed by atoms with Crippen LogP contribution in [0.3, 0.4) is 0 Å². The molecule has 2 aromatic rings. The number of aromatic carboxylic acids is 1. The van der Waals surface area contributed by atoms with Gasteiger partial charge in [0, 0.05) is 11.1 Å². The minimum Gasteiger partial charge on any atom is -0.477 e. The Kier molecular flexibility index (Phi) is 3.95. The second-order valence-electron chi connectivity index (χ2n) is 4.71. The number of nitrogens with zero attached hydrogens (tertiary/aromatic N) is 1. The van der Waals surface area contributed by atoms with E-state index in [9.17, 15) is 9.59 Å². The lowest BCUT2D eigenvalue weighted by atomic mass is 10.1. The van der Waals surface area contributed by atoms with E-state index in [1.807, 2.05) is 13.8 Å². The molecule has 1 aromatic heterocycles. The van der Waals surface area contributed by atoms with Crippen LogP contribution >= 0.6 is 11.6 Å². The van der Waals surface area contributed by atoms with Gasteiger partial charge in [-0.1, -0.05) is 23.7 Å². The molecule has 0 amide bonds. The average Bonchev–Trinajstić information content (AvgIpc) is 2.38. The van der Waals surface area contributed by atoms with Gasteiger partial charge in [0.25, 0.3) is 5.56 Å². The fourth-order valence-corrected chi connectivity index (χ4v) is 2.21. The number of pyridine rings is 1. The summed E-state index contributed by atoms with van der Waals surface area (Å²) in [5.41, 5.74) is 0.764. The molecule has 0 saturated carbocycles. The summed E-state index contributed by atoms with van der Waals surface area (Å²) in [5.74, 6) is -1.22. The van der Waals surface area contributed by atoms with Crippen LogP contribution in [0.5, 0.6) is 0 Å². The second-order valence-corrected chi connectivity index (χ2v) is 5.15. The van der Waals surface area contributed by atoms with Gasteiger partial charge in [-0.3, -0.25) is 4.79 Å². The number of halogens is 1. The normalized spacial score (nSPS) is 10.8. The maximum Gasteiger partial charge on any atom is 0.341 e. The third-order valence-corrected chi connectivity index (χ3v) is 3.26. The predicted octanol–water partition coefficient (Wildman–Crippen LogP) is 3.45. The van der Waals surface area contributed by atoms with Crippen LogP contribution in [0, 0.1) is 0 Å². The summed E-state index contributed by atoms with van der Waals surface area (Å²) in [6.45, 7) is 3.68. The molecule has 0 aliphatic rings. The van der Waals surface area contributed by atoms with Crippen molar-refractivity contribution in [2.75, 3.05) is 0 Å². The van der Waals surface area contributed by atoms with E-state index in [4.69, 9.17) is 16.7 Å². The van der Waals surface area contributed by atoms with E-state index in [2.05, 4.69) is 0 Å². The van der Waals surface area contributed by atoms with Crippen molar-refractivity contribution >= 4 is 17.6 Å². The highest BCUT2D eigenvalue weighted by Crippen LogP contribution is 2.23. The number of carbonyl (C=O) groups is 1. The zero-order valence-corrected chi connectivity index (χ0v) is 11.9. The fourth-order valence-electron chi connectivity index (χ4n) is 2.08. The molecule has 5 heteroatoms. The molecule has 0 saturated heterocycles. The van der Waals surface area contributed by atoms with Crippen molar-refractivity contribution in [3.63, 3.8) is 0 Å². The van der Waals surface area contributed by atoms with Crippen molar-refractivity contribution in [2.45, 2.75) is 19.9 Å². The molecule has 104 valence electrons. The first-order valence-corrected chi connectivity index (χ1v) is 6.54. The van der Waals surface area contributed by atoms with Gasteiger partial charge >= 0.3 is 5.97 Å². The molecule has 2 rings (SSSR count). The Morgan fingerprint density at radius 3 is 2.25 bits per heavy atom. The Bertz CT molecular complexity index is 702. The van der Waals surface area contributed by atoms with Crippen LogP contribution in [0.2, 0.25) is 5.02 Å². The number of rotatable bonds is 3. The standard InChI is InChI=1S/C15H14ClNO3/c1-9(2)17-13(10-3-5-11(16)6-4-10)8-7-12(14(17)18)15(19)20/h3-9H,1-2H3,(H,19,20). The zero-order chi connectivity index (χ0) is 14.9. The number of carboxylic acid groups (broad SMARTS) is 1. The molecule has 0 spiro atoms. The topological polar surface area (TPSA) is 59.3 Å². The van der Waals surface area contributed by atoms with Crippen LogP contribution in [0.25, 0.3) is 11.3 Å². The maximum absolute atomic E-state index is 12.3. The average molecular weight is 292 g/mol. The molecular formula is C15H14ClNO3. The van der Waals surface area contributed by atoms with Crippen molar-refractivity contribution in [3.05, 3.63) is 57.3 Å². The van der Waals surface area contributed by atoms with E-state index in [1.54, 1.807) is 30.3 Å². The van der Waals surface area contributed by atoms with Crippen molar-refractivity contribution in [3.8, 4) is 11.3 Å². The summed E-state index contributed by atoms with van der Waals surface area (Å²) in [4.78, 5) is 23.3. The van der Waals surface area contributed by atoms with Crippen LogP contribution in [-0.4, -0.2) is 15.6 Å². The van der Waals surface area contributed by atoms with E-state index in [0.717, 1.165) is 5.56 Å². The molecule has 1 heterocycles. The van der Waals surface area contributed by atoms with Crippen LogP contribution in [0.4, 0.5) is 0 Å². The van der Waals surface area contributed by atoms with Crippen LogP contribution < -0.4 is 5.56 Å². The van der Waals surface area contributed by atoms with Gasteiger partial charge in [-0.15, -0.1) is 0 Å². The first-order valence-electron chi connectivity index (χ1n) is 6.16. The Balaban J connectivity index is 2.71. The van der Waals surface area contributed by atoms with Crippen LogP contribution in [-0.2, 0) is 0 Å². The Labute approximate surface area is 121 Å². The molecule has 0 bridgehead atoms. The Hall–Kier alpha value is -2.07. The van der Waals surface area contributed by atoms with Gasteiger partial charge in [-0.05, 0) is 43.7 Å². The maximum atomic E-state index is 12.3. The van der Waals surface area contributed by atoms with Crippen molar-refractivity contribution < 1.29 is 9.90 Å². The van der Waals surface area contributed by atoms with Gasteiger partial charge in [0.2, 0.25) is 0 Å². The molecule has 0 atom stereocenters. The van der Waals surface area contributed by atoms with Gasteiger partial charge in [-0.25, -0.2) is 4.79 Å². The third-order valence-electron chi connectivity index (χ3n) is 3.00. The van der Waals surface area contributed by atoms with E-state index in [-0.39, 0.29) is 11.6 Å². The number of benzene rings is 1. The molecule has 0 aliphatic heterocycles. The molecule has 1 N–H and O–H groups in total. The molecule has 0 unspecified atom stereocenters. The summed E-state index contributed by atoms with van der Waals surface area (Å²) in [6, 6.07) is 9.91. The molecule has 0 radical (unpaired) electrons. The fraction of sp³-hybridized carbons (Fsp3) is 0.200. The van der Waals surface area contributed by atoms with Crippen molar-refractivity contribution in [1.29, 1.82) is 0 Å². The predicted molar refractivity (Wildman–Crippen MR) is 78.5 cm³/mol. The van der Waals surface area contributed by atoms with Crippen LogP contribution in [0.1, 0.15) is 30.2 Å². The summed E-state index contributed by atoms with van der Waals surface area (Å²) >= 11 is 5.85. The van der Waals surface area contributed by atoms with E-state index >= 15 is 0 Å². The molecule has 0 aliphatic carbocycles. The minimum atomic E-state index is -1.22. The number of carboxylic acids is 1. The smallest absolute Gasteiger partial charge is 0.341 e. The second kappa shape index (κ2) is 5.51. The highest BCUT2D eigenvalue weighted by atomic mass is 35.5. The monoisotopic (exact) mass is 291 g/mol. The molecule has 1 aromatic carbocycles. The van der Waals surface area contributed by atoms with Gasteiger partial charge in [0.15, 0.2) is 0 Å². The zero-order valence-electron chi connectivity index (χ0n) is 11.1. The lowest BCUT2D eigenvalue weighted by Gasteiger charge is -2.17.